The van der Waals surface area contributed by atoms with Crippen molar-refractivity contribution in [3.05, 3.63) is 23.8 Å². The molecule has 1 aromatic rings. The Hall–Kier alpha value is -1.73. The SMILES string of the molecule is CC(CCN(C)C)Nc1cccc(C#N)c1N. The summed E-state index contributed by atoms with van der Waals surface area (Å²) in [7, 11) is 4.11. The lowest BCUT2D eigenvalue weighted by Gasteiger charge is -2.19. The molecule has 0 aliphatic carbocycles. The van der Waals surface area contributed by atoms with Gasteiger partial charge in [0.2, 0.25) is 0 Å². The molecule has 0 radical (unpaired) electrons. The molecule has 1 aromatic carbocycles. The van der Waals surface area contributed by atoms with Gasteiger partial charge < -0.3 is 16.0 Å². The second-order valence-corrected chi connectivity index (χ2v) is 4.52. The van der Waals surface area contributed by atoms with Gasteiger partial charge in [0.1, 0.15) is 6.07 Å². The predicted octanol–water partition coefficient (Wildman–Crippen LogP) is 1.89. The van der Waals surface area contributed by atoms with Gasteiger partial charge in [0.05, 0.1) is 16.9 Å². The first kappa shape index (κ1) is 13.3. The first-order valence-electron chi connectivity index (χ1n) is 5.74. The van der Waals surface area contributed by atoms with Crippen molar-refractivity contribution >= 4 is 11.4 Å². The molecule has 0 spiro atoms. The summed E-state index contributed by atoms with van der Waals surface area (Å²) in [6.07, 6.45) is 1.03. The molecule has 92 valence electrons. The van der Waals surface area contributed by atoms with Gasteiger partial charge in [-0.15, -0.1) is 0 Å². The van der Waals surface area contributed by atoms with Crippen molar-refractivity contribution in [2.75, 3.05) is 31.7 Å². The van der Waals surface area contributed by atoms with Crippen molar-refractivity contribution < 1.29 is 0 Å². The van der Waals surface area contributed by atoms with Gasteiger partial charge in [0.15, 0.2) is 0 Å². The molecule has 0 amide bonds. The zero-order valence-corrected chi connectivity index (χ0v) is 10.7. The third-order valence-electron chi connectivity index (χ3n) is 2.64. The molecule has 3 N–H and O–H groups in total. The van der Waals surface area contributed by atoms with Crippen LogP contribution in [-0.4, -0.2) is 31.6 Å². The lowest BCUT2D eigenvalue weighted by atomic mass is 10.1. The van der Waals surface area contributed by atoms with E-state index in [1.165, 1.54) is 0 Å². The number of anilines is 2. The van der Waals surface area contributed by atoms with Gasteiger partial charge in [-0.05, 0) is 46.1 Å². The lowest BCUT2D eigenvalue weighted by Crippen LogP contribution is -2.23. The van der Waals surface area contributed by atoms with E-state index in [0.29, 0.717) is 17.3 Å². The second kappa shape index (κ2) is 6.12. The molecule has 0 heterocycles. The highest BCUT2D eigenvalue weighted by atomic mass is 15.1. The van der Waals surface area contributed by atoms with Gasteiger partial charge in [-0.2, -0.15) is 5.26 Å². The molecule has 4 nitrogen and oxygen atoms in total. The minimum Gasteiger partial charge on any atom is -0.396 e. The first-order chi connectivity index (χ1) is 8.04. The van der Waals surface area contributed by atoms with Crippen LogP contribution in [0.5, 0.6) is 0 Å². The van der Waals surface area contributed by atoms with Gasteiger partial charge in [0, 0.05) is 6.04 Å². The zero-order valence-electron chi connectivity index (χ0n) is 10.7. The summed E-state index contributed by atoms with van der Waals surface area (Å²) in [5.41, 5.74) is 7.80. The monoisotopic (exact) mass is 232 g/mol. The summed E-state index contributed by atoms with van der Waals surface area (Å²) in [4.78, 5) is 2.15. The van der Waals surface area contributed by atoms with Crippen LogP contribution in [0.25, 0.3) is 0 Å². The molecular weight excluding hydrogens is 212 g/mol. The number of nitrogen functional groups attached to an aromatic ring is 1. The van der Waals surface area contributed by atoms with Crippen LogP contribution in [0.15, 0.2) is 18.2 Å². The molecule has 0 aliphatic rings. The molecule has 0 aliphatic heterocycles. The molecule has 0 saturated carbocycles. The predicted molar refractivity (Wildman–Crippen MR) is 71.8 cm³/mol. The summed E-state index contributed by atoms with van der Waals surface area (Å²) >= 11 is 0. The lowest BCUT2D eigenvalue weighted by molar-refractivity contribution is 0.390. The number of benzene rings is 1. The summed E-state index contributed by atoms with van der Waals surface area (Å²) in [6, 6.07) is 7.89. The van der Waals surface area contributed by atoms with E-state index in [9.17, 15) is 0 Å². The number of hydrogen-bond donors (Lipinski definition) is 2. The molecule has 1 atom stereocenters. The fraction of sp³-hybridized carbons (Fsp3) is 0.462. The zero-order chi connectivity index (χ0) is 12.8. The maximum atomic E-state index is 8.89. The van der Waals surface area contributed by atoms with Crippen molar-refractivity contribution in [1.82, 2.24) is 4.90 Å². The largest absolute Gasteiger partial charge is 0.396 e. The minimum absolute atomic E-state index is 0.327. The average molecular weight is 232 g/mol. The molecule has 17 heavy (non-hydrogen) atoms. The molecule has 0 aromatic heterocycles. The Balaban J connectivity index is 2.66. The van der Waals surface area contributed by atoms with Crippen LogP contribution in [-0.2, 0) is 0 Å². The van der Waals surface area contributed by atoms with Crippen molar-refractivity contribution in [2.24, 2.45) is 0 Å². The molecule has 4 heteroatoms. The van der Waals surface area contributed by atoms with Gasteiger partial charge in [0.25, 0.3) is 0 Å². The highest BCUT2D eigenvalue weighted by Crippen LogP contribution is 2.23. The van der Waals surface area contributed by atoms with Gasteiger partial charge in [-0.1, -0.05) is 6.07 Å². The second-order valence-electron chi connectivity index (χ2n) is 4.52. The highest BCUT2D eigenvalue weighted by molar-refractivity contribution is 5.73. The molecule has 1 unspecified atom stereocenters. The number of nitrogens with zero attached hydrogens (tertiary/aromatic N) is 2. The summed E-state index contributed by atoms with van der Waals surface area (Å²) < 4.78 is 0. The maximum absolute atomic E-state index is 8.89. The van der Waals surface area contributed by atoms with E-state index in [1.54, 1.807) is 6.07 Å². The number of nitriles is 1. The Morgan fingerprint density at radius 3 is 2.76 bits per heavy atom. The minimum atomic E-state index is 0.327. The van der Waals surface area contributed by atoms with Crippen LogP contribution in [0.3, 0.4) is 0 Å². The van der Waals surface area contributed by atoms with Crippen molar-refractivity contribution in [3.8, 4) is 6.07 Å². The Morgan fingerprint density at radius 1 is 1.47 bits per heavy atom. The third-order valence-corrected chi connectivity index (χ3v) is 2.64. The van der Waals surface area contributed by atoms with Crippen LogP contribution < -0.4 is 11.1 Å². The molecule has 1 rings (SSSR count). The molecule has 0 bridgehead atoms. The summed E-state index contributed by atoms with van der Waals surface area (Å²) in [5.74, 6) is 0. The van der Waals surface area contributed by atoms with E-state index in [0.717, 1.165) is 18.7 Å². The van der Waals surface area contributed by atoms with Crippen molar-refractivity contribution in [1.29, 1.82) is 5.26 Å². The van der Waals surface area contributed by atoms with E-state index < -0.39 is 0 Å². The van der Waals surface area contributed by atoms with Crippen LogP contribution in [0, 0.1) is 11.3 Å². The smallest absolute Gasteiger partial charge is 0.101 e. The quantitative estimate of drug-likeness (QED) is 0.761. The maximum Gasteiger partial charge on any atom is 0.101 e. The van der Waals surface area contributed by atoms with Crippen molar-refractivity contribution in [3.63, 3.8) is 0 Å². The fourth-order valence-corrected chi connectivity index (χ4v) is 1.58. The van der Waals surface area contributed by atoms with E-state index in [1.807, 2.05) is 12.1 Å². The van der Waals surface area contributed by atoms with Crippen LogP contribution in [0.1, 0.15) is 18.9 Å². The van der Waals surface area contributed by atoms with Crippen LogP contribution in [0.4, 0.5) is 11.4 Å². The number of nitrogens with two attached hydrogens (primary N) is 1. The average Bonchev–Trinajstić information content (AvgIpc) is 2.29. The van der Waals surface area contributed by atoms with Crippen LogP contribution in [0.2, 0.25) is 0 Å². The van der Waals surface area contributed by atoms with Gasteiger partial charge in [-0.25, -0.2) is 0 Å². The highest BCUT2D eigenvalue weighted by Gasteiger charge is 2.07. The Bertz CT molecular complexity index is 406. The van der Waals surface area contributed by atoms with E-state index in [4.69, 9.17) is 11.0 Å². The third kappa shape index (κ3) is 3.97. The molecule has 0 fully saturated rings. The number of para-hydroxylation sites is 1. The standard InChI is InChI=1S/C13H20N4/c1-10(7-8-17(2)3)16-12-6-4-5-11(9-14)13(12)15/h4-6,10,16H,7-8,15H2,1-3H3. The van der Waals surface area contributed by atoms with Crippen LogP contribution >= 0.6 is 0 Å². The molecule has 0 saturated heterocycles. The normalized spacial score (nSPS) is 12.2. The number of rotatable bonds is 5. The fourth-order valence-electron chi connectivity index (χ4n) is 1.58. The van der Waals surface area contributed by atoms with Crippen molar-refractivity contribution in [2.45, 2.75) is 19.4 Å². The number of nitrogens with one attached hydrogen (secondary N) is 1. The van der Waals surface area contributed by atoms with E-state index in [-0.39, 0.29) is 0 Å². The Kier molecular flexibility index (Phi) is 4.80. The Morgan fingerprint density at radius 2 is 2.18 bits per heavy atom. The topological polar surface area (TPSA) is 65.1 Å². The summed E-state index contributed by atoms with van der Waals surface area (Å²) in [5, 5.41) is 12.2. The summed E-state index contributed by atoms with van der Waals surface area (Å²) in [6.45, 7) is 3.13. The van der Waals surface area contributed by atoms with E-state index >= 15 is 0 Å². The Labute approximate surface area is 103 Å². The first-order valence-corrected chi connectivity index (χ1v) is 5.74. The number of hydrogen-bond acceptors (Lipinski definition) is 4. The van der Waals surface area contributed by atoms with E-state index in [2.05, 4.69) is 37.3 Å². The molecular formula is C13H20N4. The van der Waals surface area contributed by atoms with Gasteiger partial charge in [-0.3, -0.25) is 0 Å². The van der Waals surface area contributed by atoms with Gasteiger partial charge >= 0.3 is 0 Å².